The highest BCUT2D eigenvalue weighted by atomic mass is 79.9. The number of hydrogen-bond acceptors (Lipinski definition) is 8. The fraction of sp³-hybridized carbons (Fsp3) is 0.179. The Kier molecular flexibility index (Phi) is 7.19. The van der Waals surface area contributed by atoms with Gasteiger partial charge in [-0.05, 0) is 50.6 Å². The van der Waals surface area contributed by atoms with E-state index >= 15 is 0 Å². The van der Waals surface area contributed by atoms with E-state index in [0.717, 1.165) is 11.1 Å². The fourth-order valence-electron chi connectivity index (χ4n) is 4.42. The van der Waals surface area contributed by atoms with Crippen LogP contribution in [0.4, 0.5) is 5.69 Å². The summed E-state index contributed by atoms with van der Waals surface area (Å²) in [6.07, 6.45) is 1.58. The van der Waals surface area contributed by atoms with Crippen LogP contribution in [0.3, 0.4) is 0 Å². The number of halogens is 1. The van der Waals surface area contributed by atoms with Crippen LogP contribution in [0.1, 0.15) is 36.8 Å². The minimum Gasteiger partial charge on any atom is -0.463 e. The Morgan fingerprint density at radius 2 is 1.95 bits per heavy atom. The highest BCUT2D eigenvalue weighted by molar-refractivity contribution is 9.10. The van der Waals surface area contributed by atoms with Crippen LogP contribution in [-0.2, 0) is 9.53 Å². The predicted molar refractivity (Wildman–Crippen MR) is 150 cm³/mol. The van der Waals surface area contributed by atoms with E-state index < -0.39 is 16.9 Å². The van der Waals surface area contributed by atoms with Gasteiger partial charge in [0.25, 0.3) is 11.2 Å². The molecule has 0 bridgehead atoms. The summed E-state index contributed by atoms with van der Waals surface area (Å²) in [5, 5.41) is 11.6. The molecule has 0 unspecified atom stereocenters. The Balaban J connectivity index is 1.63. The maximum absolute atomic E-state index is 13.7. The summed E-state index contributed by atoms with van der Waals surface area (Å²) in [6.45, 7) is 5.61. The number of nitrogens with zero attached hydrogens (tertiary/aromatic N) is 3. The number of carbonyl (C=O) groups is 1. The number of nitro groups is 1. The van der Waals surface area contributed by atoms with Crippen LogP contribution < -0.4 is 14.9 Å². The number of hydrogen-bond donors (Lipinski definition) is 0. The topological polar surface area (TPSA) is 117 Å². The molecule has 3 heterocycles. The van der Waals surface area contributed by atoms with Crippen LogP contribution in [-0.4, -0.2) is 22.1 Å². The molecule has 4 aromatic rings. The maximum atomic E-state index is 13.7. The standard InChI is InChI=1S/C28H22BrN3O6S/c1-4-37-27(34)24-16(3)30-28-31(25(24)17-7-5-15(2)6-8-17)26(33)23(39-28)14-19-10-12-22(38-19)20-11-9-18(29)13-21(20)32(35)36/h5-14,25H,4H2,1-3H3/b23-14-/t25-/m1/s1. The van der Waals surface area contributed by atoms with Gasteiger partial charge in [-0.2, -0.15) is 0 Å². The molecule has 0 saturated carbocycles. The molecule has 11 heteroatoms. The fourth-order valence-corrected chi connectivity index (χ4v) is 5.80. The lowest BCUT2D eigenvalue weighted by Crippen LogP contribution is -2.39. The Bertz CT molecular complexity index is 1830. The molecule has 0 saturated heterocycles. The van der Waals surface area contributed by atoms with Crippen molar-refractivity contribution in [3.05, 3.63) is 117 Å². The number of ether oxygens (including phenoxy) is 1. The van der Waals surface area contributed by atoms with Crippen molar-refractivity contribution < 1.29 is 18.9 Å². The Morgan fingerprint density at radius 1 is 1.21 bits per heavy atom. The van der Waals surface area contributed by atoms with Gasteiger partial charge >= 0.3 is 5.97 Å². The van der Waals surface area contributed by atoms with Gasteiger partial charge in [-0.1, -0.05) is 57.1 Å². The monoisotopic (exact) mass is 607 g/mol. The van der Waals surface area contributed by atoms with Gasteiger partial charge in [-0.15, -0.1) is 0 Å². The third kappa shape index (κ3) is 5.02. The molecule has 0 fully saturated rings. The van der Waals surface area contributed by atoms with Crippen molar-refractivity contribution in [3.8, 4) is 11.3 Å². The molecule has 1 atom stereocenters. The van der Waals surface area contributed by atoms with Crippen molar-refractivity contribution >= 4 is 45.0 Å². The van der Waals surface area contributed by atoms with Gasteiger partial charge in [-0.3, -0.25) is 19.5 Å². The van der Waals surface area contributed by atoms with E-state index in [1.807, 2.05) is 31.2 Å². The van der Waals surface area contributed by atoms with E-state index in [0.29, 0.717) is 42.2 Å². The van der Waals surface area contributed by atoms with Gasteiger partial charge in [0.15, 0.2) is 4.80 Å². The van der Waals surface area contributed by atoms with Crippen LogP contribution in [0, 0.1) is 17.0 Å². The molecule has 0 aliphatic carbocycles. The molecule has 9 nitrogen and oxygen atoms in total. The zero-order chi connectivity index (χ0) is 27.8. The summed E-state index contributed by atoms with van der Waals surface area (Å²) in [5.41, 5.74) is 2.46. The average molecular weight is 608 g/mol. The lowest BCUT2D eigenvalue weighted by molar-refractivity contribution is -0.384. The van der Waals surface area contributed by atoms with Crippen molar-refractivity contribution in [2.75, 3.05) is 6.61 Å². The number of aryl methyl sites for hydroxylation is 1. The van der Waals surface area contributed by atoms with E-state index in [1.54, 1.807) is 44.2 Å². The molecular weight excluding hydrogens is 586 g/mol. The molecule has 0 radical (unpaired) electrons. The molecule has 1 aliphatic rings. The molecule has 39 heavy (non-hydrogen) atoms. The van der Waals surface area contributed by atoms with Crippen molar-refractivity contribution in [1.82, 2.24) is 4.57 Å². The summed E-state index contributed by atoms with van der Waals surface area (Å²) in [4.78, 5) is 42.8. The minimum absolute atomic E-state index is 0.107. The molecule has 1 aliphatic heterocycles. The van der Waals surface area contributed by atoms with Crippen LogP contribution in [0.15, 0.2) is 84.5 Å². The first kappa shape index (κ1) is 26.5. The van der Waals surface area contributed by atoms with Crippen LogP contribution in [0.25, 0.3) is 17.4 Å². The third-order valence-electron chi connectivity index (χ3n) is 6.23. The molecule has 2 aromatic heterocycles. The van der Waals surface area contributed by atoms with E-state index in [1.165, 1.54) is 22.0 Å². The number of nitro benzene ring substituents is 1. The van der Waals surface area contributed by atoms with Crippen molar-refractivity contribution in [1.29, 1.82) is 0 Å². The first-order chi connectivity index (χ1) is 18.7. The normalized spacial score (nSPS) is 15.2. The summed E-state index contributed by atoms with van der Waals surface area (Å²) in [6, 6.07) is 14.9. The summed E-state index contributed by atoms with van der Waals surface area (Å²) in [7, 11) is 0. The lowest BCUT2D eigenvalue weighted by atomic mass is 9.95. The number of furan rings is 1. The van der Waals surface area contributed by atoms with Crippen LogP contribution >= 0.6 is 27.3 Å². The van der Waals surface area contributed by atoms with Gasteiger partial charge in [0.1, 0.15) is 11.5 Å². The highest BCUT2D eigenvalue weighted by Gasteiger charge is 2.33. The third-order valence-corrected chi connectivity index (χ3v) is 7.71. The molecule has 0 N–H and O–H groups in total. The second-order valence-electron chi connectivity index (χ2n) is 8.83. The average Bonchev–Trinajstić information content (AvgIpc) is 3.48. The van der Waals surface area contributed by atoms with Gasteiger partial charge in [0.2, 0.25) is 0 Å². The Morgan fingerprint density at radius 3 is 2.64 bits per heavy atom. The van der Waals surface area contributed by atoms with Gasteiger partial charge in [0, 0.05) is 16.6 Å². The molecule has 198 valence electrons. The summed E-state index contributed by atoms with van der Waals surface area (Å²) < 4.78 is 13.6. The second-order valence-corrected chi connectivity index (χ2v) is 10.8. The zero-order valence-electron chi connectivity index (χ0n) is 21.1. The van der Waals surface area contributed by atoms with E-state index in [2.05, 4.69) is 20.9 Å². The Labute approximate surface area is 234 Å². The van der Waals surface area contributed by atoms with E-state index in [9.17, 15) is 19.7 Å². The highest BCUT2D eigenvalue weighted by Crippen LogP contribution is 2.34. The SMILES string of the molecule is CCOC(=O)C1=C(C)N=c2s/c(=C\c3ccc(-c4ccc(Br)cc4[N+](=O)[O-])o3)c(=O)n2[C@@H]1c1ccc(C)cc1. The quantitative estimate of drug-likeness (QED) is 0.172. The van der Waals surface area contributed by atoms with Crippen molar-refractivity contribution in [2.45, 2.75) is 26.8 Å². The molecular formula is C28H22BrN3O6S. The number of allylic oxidation sites excluding steroid dienone is 1. The minimum atomic E-state index is -0.708. The number of esters is 1. The van der Waals surface area contributed by atoms with Crippen LogP contribution in [0.2, 0.25) is 0 Å². The maximum Gasteiger partial charge on any atom is 0.338 e. The molecule has 2 aromatic carbocycles. The number of benzene rings is 2. The smallest absolute Gasteiger partial charge is 0.338 e. The van der Waals surface area contributed by atoms with Gasteiger partial charge in [0.05, 0.1) is 38.9 Å². The van der Waals surface area contributed by atoms with Gasteiger partial charge < -0.3 is 9.15 Å². The first-order valence-electron chi connectivity index (χ1n) is 12.0. The summed E-state index contributed by atoms with van der Waals surface area (Å²) in [5.74, 6) is 0.122. The lowest BCUT2D eigenvalue weighted by Gasteiger charge is -2.24. The second kappa shape index (κ2) is 10.6. The molecule has 0 amide bonds. The number of fused-ring (bicyclic) bond motifs is 1. The number of carbonyl (C=O) groups excluding carboxylic acids is 1. The Hall–Kier alpha value is -4.09. The molecule has 5 rings (SSSR count). The van der Waals surface area contributed by atoms with Crippen LogP contribution in [0.5, 0.6) is 0 Å². The summed E-state index contributed by atoms with van der Waals surface area (Å²) >= 11 is 4.43. The zero-order valence-corrected chi connectivity index (χ0v) is 23.5. The van der Waals surface area contributed by atoms with E-state index in [4.69, 9.17) is 9.15 Å². The van der Waals surface area contributed by atoms with Gasteiger partial charge in [-0.25, -0.2) is 9.79 Å². The molecule has 0 spiro atoms. The van der Waals surface area contributed by atoms with Crippen molar-refractivity contribution in [2.24, 2.45) is 4.99 Å². The van der Waals surface area contributed by atoms with E-state index in [-0.39, 0.29) is 17.9 Å². The number of rotatable bonds is 6. The van der Waals surface area contributed by atoms with Crippen molar-refractivity contribution in [3.63, 3.8) is 0 Å². The largest absolute Gasteiger partial charge is 0.463 e. The number of aromatic nitrogens is 1. The predicted octanol–water partition coefficient (Wildman–Crippen LogP) is 5.04. The number of thiazole rings is 1. The first-order valence-corrected chi connectivity index (χ1v) is 13.6.